The molecule has 0 aromatic heterocycles. The topological polar surface area (TPSA) is 40.5 Å². The lowest BCUT2D eigenvalue weighted by Crippen LogP contribution is -2.21. The Bertz CT molecular complexity index is 163. The molecule has 0 unspecified atom stereocenters. The van der Waals surface area contributed by atoms with E-state index in [1.807, 2.05) is 6.08 Å². The van der Waals surface area contributed by atoms with Crippen molar-refractivity contribution in [3.8, 4) is 0 Å². The Kier molecular flexibility index (Phi) is 3.76. The third kappa shape index (κ3) is 2.61. The Balaban J connectivity index is 2.46. The molecule has 0 amide bonds. The van der Waals surface area contributed by atoms with Gasteiger partial charge in [0.25, 0.3) is 0 Å². The molecular weight excluding hydrogens is 152 g/mol. The van der Waals surface area contributed by atoms with Crippen molar-refractivity contribution < 1.29 is 10.2 Å². The molecule has 0 spiro atoms. The number of aliphatic hydroxyl groups excluding tert-OH is 2. The Morgan fingerprint density at radius 2 is 2.17 bits per heavy atom. The summed E-state index contributed by atoms with van der Waals surface area (Å²) >= 11 is 0. The van der Waals surface area contributed by atoms with Gasteiger partial charge in [-0.1, -0.05) is 19.4 Å². The van der Waals surface area contributed by atoms with Crippen molar-refractivity contribution in [3.05, 3.63) is 11.6 Å². The van der Waals surface area contributed by atoms with Gasteiger partial charge in [-0.05, 0) is 31.3 Å². The van der Waals surface area contributed by atoms with Crippen LogP contribution in [0, 0.1) is 0 Å². The van der Waals surface area contributed by atoms with Gasteiger partial charge in [0.15, 0.2) is 0 Å². The fraction of sp³-hybridized carbons (Fsp3) is 0.800. The largest absolute Gasteiger partial charge is 0.389 e. The third-order valence-corrected chi connectivity index (χ3v) is 2.39. The van der Waals surface area contributed by atoms with Crippen molar-refractivity contribution in [2.75, 3.05) is 0 Å². The first kappa shape index (κ1) is 9.75. The molecule has 2 heteroatoms. The van der Waals surface area contributed by atoms with Crippen LogP contribution in [0.3, 0.4) is 0 Å². The number of hydrogen-bond donors (Lipinski definition) is 2. The summed E-state index contributed by atoms with van der Waals surface area (Å²) in [4.78, 5) is 0. The highest BCUT2D eigenvalue weighted by atomic mass is 16.3. The van der Waals surface area contributed by atoms with E-state index in [0.29, 0.717) is 6.42 Å². The normalized spacial score (nSPS) is 30.1. The summed E-state index contributed by atoms with van der Waals surface area (Å²) in [7, 11) is 0. The van der Waals surface area contributed by atoms with Crippen LogP contribution in [0.4, 0.5) is 0 Å². The van der Waals surface area contributed by atoms with Crippen LogP contribution in [0.2, 0.25) is 0 Å². The maximum atomic E-state index is 9.53. The van der Waals surface area contributed by atoms with E-state index in [9.17, 15) is 10.2 Å². The predicted molar refractivity (Wildman–Crippen MR) is 48.9 cm³/mol. The summed E-state index contributed by atoms with van der Waals surface area (Å²) in [5.74, 6) is 0. The molecule has 0 bridgehead atoms. The molecule has 1 aliphatic carbocycles. The second-order valence-corrected chi connectivity index (χ2v) is 3.51. The molecule has 2 atom stereocenters. The highest BCUT2D eigenvalue weighted by molar-refractivity contribution is 5.13. The zero-order valence-corrected chi connectivity index (χ0v) is 7.66. The molecule has 0 saturated heterocycles. The van der Waals surface area contributed by atoms with Crippen LogP contribution < -0.4 is 0 Å². The minimum absolute atomic E-state index is 0.292. The van der Waals surface area contributed by atoms with Gasteiger partial charge >= 0.3 is 0 Å². The fourth-order valence-electron chi connectivity index (χ4n) is 1.59. The van der Waals surface area contributed by atoms with E-state index in [1.54, 1.807) is 0 Å². The fourth-order valence-corrected chi connectivity index (χ4v) is 1.59. The summed E-state index contributed by atoms with van der Waals surface area (Å²) in [6.45, 7) is 2.13. The first-order valence-corrected chi connectivity index (χ1v) is 4.80. The van der Waals surface area contributed by atoms with Crippen LogP contribution in [0.1, 0.15) is 39.0 Å². The Morgan fingerprint density at radius 1 is 1.42 bits per heavy atom. The minimum atomic E-state index is -0.319. The van der Waals surface area contributed by atoms with Crippen molar-refractivity contribution in [1.82, 2.24) is 0 Å². The minimum Gasteiger partial charge on any atom is -0.389 e. The van der Waals surface area contributed by atoms with Gasteiger partial charge in [-0.3, -0.25) is 0 Å². The van der Waals surface area contributed by atoms with E-state index in [0.717, 1.165) is 31.3 Å². The van der Waals surface area contributed by atoms with Crippen LogP contribution in [-0.4, -0.2) is 22.4 Å². The van der Waals surface area contributed by atoms with Gasteiger partial charge in [0.2, 0.25) is 0 Å². The van der Waals surface area contributed by atoms with Crippen LogP contribution in [-0.2, 0) is 0 Å². The maximum Gasteiger partial charge on any atom is 0.0752 e. The van der Waals surface area contributed by atoms with Crippen LogP contribution in [0.25, 0.3) is 0 Å². The van der Waals surface area contributed by atoms with Crippen molar-refractivity contribution in [2.24, 2.45) is 0 Å². The molecule has 0 aliphatic heterocycles. The zero-order chi connectivity index (χ0) is 8.97. The van der Waals surface area contributed by atoms with E-state index >= 15 is 0 Å². The van der Waals surface area contributed by atoms with E-state index in [4.69, 9.17) is 0 Å². The quantitative estimate of drug-likeness (QED) is 0.632. The average Bonchev–Trinajstić information content (AvgIpc) is 2.07. The molecule has 0 radical (unpaired) electrons. The van der Waals surface area contributed by atoms with Crippen LogP contribution in [0.15, 0.2) is 11.6 Å². The molecule has 70 valence electrons. The summed E-state index contributed by atoms with van der Waals surface area (Å²) < 4.78 is 0. The first-order valence-electron chi connectivity index (χ1n) is 4.80. The smallest absolute Gasteiger partial charge is 0.0752 e. The van der Waals surface area contributed by atoms with E-state index in [-0.39, 0.29) is 12.2 Å². The summed E-state index contributed by atoms with van der Waals surface area (Å²) in [6.07, 6.45) is 5.82. The number of rotatable bonds is 3. The maximum absolute atomic E-state index is 9.53. The molecule has 1 aliphatic rings. The van der Waals surface area contributed by atoms with Crippen LogP contribution in [0.5, 0.6) is 0 Å². The summed E-state index contributed by atoms with van der Waals surface area (Å²) in [5.41, 5.74) is 1.04. The highest BCUT2D eigenvalue weighted by Gasteiger charge is 2.18. The molecule has 0 heterocycles. The van der Waals surface area contributed by atoms with Gasteiger partial charge in [-0.2, -0.15) is 0 Å². The van der Waals surface area contributed by atoms with Gasteiger partial charge in [-0.15, -0.1) is 0 Å². The lowest BCUT2D eigenvalue weighted by atomic mass is 9.91. The zero-order valence-electron chi connectivity index (χ0n) is 7.66. The Labute approximate surface area is 73.9 Å². The second kappa shape index (κ2) is 4.63. The van der Waals surface area contributed by atoms with Crippen molar-refractivity contribution in [3.63, 3.8) is 0 Å². The molecule has 2 N–H and O–H groups in total. The summed E-state index contributed by atoms with van der Waals surface area (Å²) in [5, 5.41) is 18.8. The van der Waals surface area contributed by atoms with Gasteiger partial charge in [0.1, 0.15) is 0 Å². The number of hydrogen-bond acceptors (Lipinski definition) is 2. The van der Waals surface area contributed by atoms with Crippen molar-refractivity contribution >= 4 is 0 Å². The lowest BCUT2D eigenvalue weighted by Gasteiger charge is -2.22. The lowest BCUT2D eigenvalue weighted by molar-refractivity contribution is 0.133. The van der Waals surface area contributed by atoms with E-state index in [1.165, 1.54) is 0 Å². The van der Waals surface area contributed by atoms with Crippen LogP contribution >= 0.6 is 0 Å². The average molecular weight is 170 g/mol. The molecule has 0 fully saturated rings. The van der Waals surface area contributed by atoms with Crippen molar-refractivity contribution in [1.29, 1.82) is 0 Å². The van der Waals surface area contributed by atoms with Crippen molar-refractivity contribution in [2.45, 2.75) is 51.2 Å². The molecule has 0 saturated carbocycles. The van der Waals surface area contributed by atoms with Gasteiger partial charge in [-0.25, -0.2) is 0 Å². The number of aliphatic hydroxyl groups is 2. The van der Waals surface area contributed by atoms with E-state index < -0.39 is 0 Å². The SMILES string of the molecule is CCCCC1=C[C@@H](O)CC[C@H]1O. The Hall–Kier alpha value is -0.340. The number of unbranched alkanes of at least 4 members (excludes halogenated alkanes) is 1. The molecular formula is C10H18O2. The molecule has 1 rings (SSSR count). The third-order valence-electron chi connectivity index (χ3n) is 2.39. The second-order valence-electron chi connectivity index (χ2n) is 3.51. The van der Waals surface area contributed by atoms with Gasteiger partial charge < -0.3 is 10.2 Å². The van der Waals surface area contributed by atoms with Gasteiger partial charge in [0.05, 0.1) is 12.2 Å². The summed E-state index contributed by atoms with van der Waals surface area (Å²) in [6, 6.07) is 0. The van der Waals surface area contributed by atoms with E-state index in [2.05, 4.69) is 6.92 Å². The van der Waals surface area contributed by atoms with Gasteiger partial charge in [0, 0.05) is 0 Å². The first-order chi connectivity index (χ1) is 5.74. The molecule has 12 heavy (non-hydrogen) atoms. The highest BCUT2D eigenvalue weighted by Crippen LogP contribution is 2.22. The molecule has 0 aromatic rings. The molecule has 2 nitrogen and oxygen atoms in total. The Morgan fingerprint density at radius 3 is 2.83 bits per heavy atom. The molecule has 0 aromatic carbocycles. The standard InChI is InChI=1S/C10H18O2/c1-2-3-4-8-7-9(11)5-6-10(8)12/h7,9-12H,2-6H2,1H3/t9-,10+/m0/s1. The monoisotopic (exact) mass is 170 g/mol. The predicted octanol–water partition coefficient (Wildman–Crippen LogP) is 1.62.